The van der Waals surface area contributed by atoms with Crippen LogP contribution in [0, 0.1) is 0 Å². The maximum atomic E-state index is 5.86. The third kappa shape index (κ3) is 14.2. The average Bonchev–Trinajstić information content (AvgIpc) is 2.84. The highest BCUT2D eigenvalue weighted by Gasteiger charge is 2.07. The maximum Gasteiger partial charge on any atom is 0.161 e. The smallest absolute Gasteiger partial charge is 0.161 e. The molecule has 0 saturated heterocycles. The zero-order valence-corrected chi connectivity index (χ0v) is 19.5. The van der Waals surface area contributed by atoms with Gasteiger partial charge in [0.25, 0.3) is 0 Å². The summed E-state index contributed by atoms with van der Waals surface area (Å²) in [6, 6.07) is 5.69. The molecule has 0 radical (unpaired) electrons. The molecule has 0 unspecified atom stereocenters. The lowest BCUT2D eigenvalue weighted by Crippen LogP contribution is -2.15. The molecule has 9 nitrogen and oxygen atoms in total. The minimum atomic E-state index is 0.400. The van der Waals surface area contributed by atoms with Crippen molar-refractivity contribution in [1.82, 2.24) is 0 Å². The molecule has 0 fully saturated rings. The molecule has 0 spiro atoms. The van der Waals surface area contributed by atoms with Crippen molar-refractivity contribution in [2.45, 2.75) is 0 Å². The van der Waals surface area contributed by atoms with Crippen LogP contribution >= 0.6 is 0 Å². The van der Waals surface area contributed by atoms with Gasteiger partial charge in [0.2, 0.25) is 0 Å². The Labute approximate surface area is 196 Å². The Morgan fingerprint density at radius 3 is 1.15 bits per heavy atom. The summed E-state index contributed by atoms with van der Waals surface area (Å²) in [5, 5.41) is 0. The van der Waals surface area contributed by atoms with E-state index < -0.39 is 0 Å². The van der Waals surface area contributed by atoms with Crippen LogP contribution in [-0.2, 0) is 33.2 Å². The van der Waals surface area contributed by atoms with E-state index in [1.807, 2.05) is 18.2 Å². The third-order valence-electron chi connectivity index (χ3n) is 4.41. The lowest BCUT2D eigenvalue weighted by Gasteiger charge is -2.14. The van der Waals surface area contributed by atoms with Crippen LogP contribution in [0.15, 0.2) is 24.8 Å². The summed E-state index contributed by atoms with van der Waals surface area (Å²) in [5.41, 5.74) is 0.952. The number of benzene rings is 1. The van der Waals surface area contributed by atoms with E-state index in [1.54, 1.807) is 6.08 Å². The molecule has 0 N–H and O–H groups in total. The van der Waals surface area contributed by atoms with Crippen molar-refractivity contribution >= 4 is 6.08 Å². The van der Waals surface area contributed by atoms with Gasteiger partial charge in [-0.05, 0) is 17.7 Å². The lowest BCUT2D eigenvalue weighted by atomic mass is 10.2. The van der Waals surface area contributed by atoms with E-state index in [1.165, 1.54) is 0 Å². The number of hydrogen-bond donors (Lipinski definition) is 0. The first-order chi connectivity index (χ1) is 16.4. The van der Waals surface area contributed by atoms with E-state index in [4.69, 9.17) is 42.6 Å². The summed E-state index contributed by atoms with van der Waals surface area (Å²) in [6.45, 7) is 11.7. The van der Waals surface area contributed by atoms with Crippen molar-refractivity contribution in [1.29, 1.82) is 0 Å². The Balaban J connectivity index is 1.72. The largest absolute Gasteiger partial charge is 0.487 e. The van der Waals surface area contributed by atoms with Crippen LogP contribution in [-0.4, -0.2) is 106 Å². The van der Waals surface area contributed by atoms with Crippen molar-refractivity contribution in [3.63, 3.8) is 0 Å². The predicted molar refractivity (Wildman–Crippen MR) is 123 cm³/mol. The van der Waals surface area contributed by atoms with Crippen molar-refractivity contribution in [3.8, 4) is 11.5 Å². The van der Waals surface area contributed by atoms with Crippen molar-refractivity contribution < 1.29 is 42.6 Å². The molecule has 1 aliphatic heterocycles. The van der Waals surface area contributed by atoms with E-state index >= 15 is 0 Å². The fraction of sp³-hybridized carbons (Fsp3) is 0.667. The molecule has 188 valence electrons. The fourth-order valence-corrected chi connectivity index (χ4v) is 2.73. The summed E-state index contributed by atoms with van der Waals surface area (Å²) in [7, 11) is 0. The normalized spacial score (nSPS) is 20.4. The molecule has 0 aromatic heterocycles. The Kier molecular flexibility index (Phi) is 16.4. The first-order valence-corrected chi connectivity index (χ1v) is 11.5. The zero-order chi connectivity index (χ0) is 23.2. The molecular weight excluding hydrogens is 432 g/mol. The van der Waals surface area contributed by atoms with Crippen LogP contribution in [0.3, 0.4) is 0 Å². The van der Waals surface area contributed by atoms with Crippen molar-refractivity contribution in [2.24, 2.45) is 0 Å². The Morgan fingerprint density at radius 1 is 0.455 bits per heavy atom. The van der Waals surface area contributed by atoms with Gasteiger partial charge >= 0.3 is 0 Å². The summed E-state index contributed by atoms with van der Waals surface area (Å²) in [6.07, 6.45) is 1.76. The molecule has 0 aliphatic carbocycles. The van der Waals surface area contributed by atoms with E-state index in [0.717, 1.165) is 5.56 Å². The SMILES string of the molecule is C=Cc1ccc2c(c1)OCCOCCOCCOCCOCCOCCOCCOCCO2. The van der Waals surface area contributed by atoms with Gasteiger partial charge in [-0.1, -0.05) is 18.7 Å². The summed E-state index contributed by atoms with van der Waals surface area (Å²) in [5.74, 6) is 1.30. The Morgan fingerprint density at radius 2 is 0.788 bits per heavy atom. The van der Waals surface area contributed by atoms with E-state index in [2.05, 4.69) is 6.58 Å². The topological polar surface area (TPSA) is 83.1 Å². The highest BCUT2D eigenvalue weighted by atomic mass is 16.6. The van der Waals surface area contributed by atoms with E-state index in [-0.39, 0.29) is 0 Å². The highest BCUT2D eigenvalue weighted by Crippen LogP contribution is 2.28. The standard InChI is InChI=1S/C24H38O9/c1-2-22-3-4-23-24(21-22)33-20-18-31-16-14-29-12-10-27-8-6-25-5-7-26-9-11-28-13-15-30-17-19-32-23/h2-4,21H,1,5-20H2. The minimum absolute atomic E-state index is 0.400. The molecule has 1 aliphatic rings. The van der Waals surface area contributed by atoms with Crippen molar-refractivity contribution in [3.05, 3.63) is 30.3 Å². The summed E-state index contributed by atoms with van der Waals surface area (Å²) >= 11 is 0. The first kappa shape index (κ1) is 27.5. The van der Waals surface area contributed by atoms with Gasteiger partial charge in [-0.25, -0.2) is 0 Å². The number of ether oxygens (including phenoxy) is 9. The predicted octanol–water partition coefficient (Wildman–Crippen LogP) is 2.22. The van der Waals surface area contributed by atoms with Crippen LogP contribution in [0.1, 0.15) is 5.56 Å². The van der Waals surface area contributed by atoms with Crippen LogP contribution in [0.25, 0.3) is 6.08 Å². The summed E-state index contributed by atoms with van der Waals surface area (Å²) < 4.78 is 50.1. The fourth-order valence-electron chi connectivity index (χ4n) is 2.73. The van der Waals surface area contributed by atoms with Gasteiger partial charge in [0.05, 0.1) is 92.5 Å². The van der Waals surface area contributed by atoms with Gasteiger partial charge in [0.1, 0.15) is 13.2 Å². The van der Waals surface area contributed by atoms with Crippen LogP contribution in [0.4, 0.5) is 0 Å². The van der Waals surface area contributed by atoms with Crippen LogP contribution in [0.5, 0.6) is 11.5 Å². The van der Waals surface area contributed by atoms with Gasteiger partial charge in [-0.3, -0.25) is 0 Å². The second kappa shape index (κ2) is 19.7. The third-order valence-corrected chi connectivity index (χ3v) is 4.41. The molecule has 33 heavy (non-hydrogen) atoms. The second-order valence-electron chi connectivity index (χ2n) is 6.89. The molecule has 0 bridgehead atoms. The lowest BCUT2D eigenvalue weighted by molar-refractivity contribution is -0.0215. The second-order valence-corrected chi connectivity index (χ2v) is 6.89. The molecule has 1 aromatic rings. The van der Waals surface area contributed by atoms with E-state index in [9.17, 15) is 0 Å². The van der Waals surface area contributed by atoms with Gasteiger partial charge < -0.3 is 42.6 Å². The minimum Gasteiger partial charge on any atom is -0.487 e. The zero-order valence-electron chi connectivity index (χ0n) is 19.5. The molecule has 2 rings (SSSR count). The van der Waals surface area contributed by atoms with Crippen LogP contribution < -0.4 is 9.47 Å². The van der Waals surface area contributed by atoms with Gasteiger partial charge in [0, 0.05) is 0 Å². The van der Waals surface area contributed by atoms with Crippen LogP contribution in [0.2, 0.25) is 0 Å². The molecule has 0 saturated carbocycles. The maximum absolute atomic E-state index is 5.86. The monoisotopic (exact) mass is 470 g/mol. The molecule has 1 heterocycles. The molecule has 1 aromatic carbocycles. The average molecular weight is 471 g/mol. The number of hydrogen-bond acceptors (Lipinski definition) is 9. The van der Waals surface area contributed by atoms with Gasteiger partial charge in [-0.15, -0.1) is 0 Å². The van der Waals surface area contributed by atoms with Crippen molar-refractivity contribution in [2.75, 3.05) is 106 Å². The summed E-state index contributed by atoms with van der Waals surface area (Å²) in [4.78, 5) is 0. The number of rotatable bonds is 1. The first-order valence-electron chi connectivity index (χ1n) is 11.5. The van der Waals surface area contributed by atoms with E-state index in [0.29, 0.717) is 117 Å². The quantitative estimate of drug-likeness (QED) is 0.613. The van der Waals surface area contributed by atoms with Gasteiger partial charge in [0.15, 0.2) is 11.5 Å². The molecule has 9 heteroatoms. The number of fused-ring (bicyclic) bond motifs is 1. The molecular formula is C24H38O9. The highest BCUT2D eigenvalue weighted by molar-refractivity contribution is 5.54. The molecule has 0 atom stereocenters. The molecule has 0 amide bonds. The van der Waals surface area contributed by atoms with Gasteiger partial charge in [-0.2, -0.15) is 0 Å². The Hall–Kier alpha value is -1.72. The Bertz CT molecular complexity index is 612.